The van der Waals surface area contributed by atoms with Gasteiger partial charge < -0.3 is 24.3 Å². The highest BCUT2D eigenvalue weighted by Crippen LogP contribution is 2.31. The summed E-state index contributed by atoms with van der Waals surface area (Å²) >= 11 is 0. The SMILES string of the molecule is COc1ccccc1Nc1nc2cc(Oc3ccnc(C(=O)CCCc4c[nH]c5ccccc45)c3)ccc2n1C. The number of Topliss-reactive ketones (excluding diaryl/α,β-unsaturated/α-hetero) is 1. The number of aromatic amines is 1. The summed E-state index contributed by atoms with van der Waals surface area (Å²) in [6.07, 6.45) is 5.62. The van der Waals surface area contributed by atoms with Crippen molar-refractivity contribution in [2.45, 2.75) is 19.3 Å². The van der Waals surface area contributed by atoms with Crippen LogP contribution in [0.15, 0.2) is 91.3 Å². The summed E-state index contributed by atoms with van der Waals surface area (Å²) in [7, 11) is 3.59. The number of ether oxygens (including phenoxy) is 2. The van der Waals surface area contributed by atoms with Crippen molar-refractivity contribution in [2.75, 3.05) is 12.4 Å². The molecule has 8 heteroatoms. The minimum Gasteiger partial charge on any atom is -0.495 e. The predicted molar refractivity (Wildman–Crippen MR) is 157 cm³/mol. The lowest BCUT2D eigenvalue weighted by atomic mass is 10.0. The van der Waals surface area contributed by atoms with Gasteiger partial charge in [0.15, 0.2) is 5.78 Å². The summed E-state index contributed by atoms with van der Waals surface area (Å²) < 4.78 is 13.5. The Morgan fingerprint density at radius 2 is 1.82 bits per heavy atom. The van der Waals surface area contributed by atoms with Crippen molar-refractivity contribution in [3.63, 3.8) is 0 Å². The maximum Gasteiger partial charge on any atom is 0.208 e. The maximum atomic E-state index is 12.9. The molecule has 0 unspecified atom stereocenters. The standard InChI is InChI=1S/C32H29N5O3/c1-37-29-15-14-22(18-27(29)36-32(37)35-26-11-5-6-13-31(26)39-2)40-23-16-17-33-28(19-23)30(38)12-7-8-21-20-34-25-10-4-3-9-24(21)25/h3-6,9-11,13-20,34H,7-8,12H2,1-2H3,(H,35,36). The van der Waals surface area contributed by atoms with E-state index in [1.807, 2.05) is 72.4 Å². The molecule has 0 amide bonds. The quantitative estimate of drug-likeness (QED) is 0.182. The molecule has 0 aliphatic rings. The lowest BCUT2D eigenvalue weighted by Crippen LogP contribution is -2.03. The third kappa shape index (κ3) is 5.11. The summed E-state index contributed by atoms with van der Waals surface area (Å²) in [6, 6.07) is 25.1. The fourth-order valence-corrected chi connectivity index (χ4v) is 4.89. The number of carbonyl (C=O) groups excluding carboxylic acids is 1. The van der Waals surface area contributed by atoms with Gasteiger partial charge in [-0.05, 0) is 54.8 Å². The van der Waals surface area contributed by atoms with E-state index in [4.69, 9.17) is 14.5 Å². The van der Waals surface area contributed by atoms with Gasteiger partial charge in [0.25, 0.3) is 0 Å². The molecule has 0 bridgehead atoms. The van der Waals surface area contributed by atoms with E-state index in [2.05, 4.69) is 27.4 Å². The molecular formula is C32H29N5O3. The minimum absolute atomic E-state index is 0.00229. The number of benzene rings is 3. The largest absolute Gasteiger partial charge is 0.495 e. The topological polar surface area (TPSA) is 94.1 Å². The molecule has 3 aromatic carbocycles. The van der Waals surface area contributed by atoms with Crippen LogP contribution in [0.25, 0.3) is 21.9 Å². The first kappa shape index (κ1) is 25.2. The van der Waals surface area contributed by atoms with Gasteiger partial charge in [-0.3, -0.25) is 9.78 Å². The molecule has 2 N–H and O–H groups in total. The number of ketones is 1. The van der Waals surface area contributed by atoms with Crippen LogP contribution in [0.5, 0.6) is 17.2 Å². The molecular weight excluding hydrogens is 502 g/mol. The van der Waals surface area contributed by atoms with Crippen molar-refractivity contribution < 1.29 is 14.3 Å². The number of fused-ring (bicyclic) bond motifs is 2. The van der Waals surface area contributed by atoms with Gasteiger partial charge in [-0.2, -0.15) is 0 Å². The Kier molecular flexibility index (Phi) is 6.89. The molecule has 3 heterocycles. The Morgan fingerprint density at radius 3 is 2.73 bits per heavy atom. The number of rotatable bonds is 10. The van der Waals surface area contributed by atoms with Crippen LogP contribution < -0.4 is 14.8 Å². The molecule has 0 aliphatic carbocycles. The minimum atomic E-state index is -0.00229. The van der Waals surface area contributed by atoms with Gasteiger partial charge in [-0.25, -0.2) is 4.98 Å². The van der Waals surface area contributed by atoms with Gasteiger partial charge in [-0.1, -0.05) is 30.3 Å². The van der Waals surface area contributed by atoms with Gasteiger partial charge in [0.2, 0.25) is 5.95 Å². The Bertz CT molecular complexity index is 1820. The van der Waals surface area contributed by atoms with E-state index in [1.165, 1.54) is 10.9 Å². The van der Waals surface area contributed by atoms with Crippen molar-refractivity contribution in [1.29, 1.82) is 0 Å². The van der Waals surface area contributed by atoms with E-state index in [9.17, 15) is 4.79 Å². The third-order valence-electron chi connectivity index (χ3n) is 6.98. The lowest BCUT2D eigenvalue weighted by Gasteiger charge is -2.10. The highest BCUT2D eigenvalue weighted by atomic mass is 16.5. The van der Waals surface area contributed by atoms with E-state index >= 15 is 0 Å². The van der Waals surface area contributed by atoms with Crippen LogP contribution in [0, 0.1) is 0 Å². The normalized spacial score (nSPS) is 11.2. The second-order valence-electron chi connectivity index (χ2n) is 9.59. The monoisotopic (exact) mass is 531 g/mol. The van der Waals surface area contributed by atoms with E-state index in [-0.39, 0.29) is 5.78 Å². The fraction of sp³-hybridized carbons (Fsp3) is 0.156. The Morgan fingerprint density at radius 1 is 1.00 bits per heavy atom. The summed E-state index contributed by atoms with van der Waals surface area (Å²) in [6.45, 7) is 0. The zero-order chi connectivity index (χ0) is 27.5. The number of hydrogen-bond donors (Lipinski definition) is 2. The number of methoxy groups -OCH3 is 1. The van der Waals surface area contributed by atoms with Crippen molar-refractivity contribution in [3.05, 3.63) is 103 Å². The number of aromatic nitrogens is 4. The molecule has 0 fully saturated rings. The van der Waals surface area contributed by atoms with Gasteiger partial charge in [0.05, 0.1) is 23.8 Å². The van der Waals surface area contributed by atoms with E-state index in [0.717, 1.165) is 40.8 Å². The molecule has 40 heavy (non-hydrogen) atoms. The molecule has 0 aliphatic heterocycles. The molecule has 6 rings (SSSR count). The number of para-hydroxylation sites is 3. The number of nitrogens with zero attached hydrogens (tertiary/aromatic N) is 3. The maximum absolute atomic E-state index is 12.9. The zero-order valence-corrected chi connectivity index (χ0v) is 22.3. The van der Waals surface area contributed by atoms with Crippen LogP contribution >= 0.6 is 0 Å². The van der Waals surface area contributed by atoms with E-state index in [0.29, 0.717) is 29.6 Å². The summed E-state index contributed by atoms with van der Waals surface area (Å²) in [5.74, 6) is 2.59. The molecule has 0 saturated heterocycles. The van der Waals surface area contributed by atoms with Crippen molar-refractivity contribution in [3.8, 4) is 17.2 Å². The number of carbonyl (C=O) groups is 1. The Labute approximate surface area is 231 Å². The first-order chi connectivity index (χ1) is 19.6. The van der Waals surface area contributed by atoms with Crippen LogP contribution in [-0.2, 0) is 13.5 Å². The molecule has 0 saturated carbocycles. The van der Waals surface area contributed by atoms with E-state index in [1.54, 1.807) is 25.4 Å². The molecule has 8 nitrogen and oxygen atoms in total. The van der Waals surface area contributed by atoms with Gasteiger partial charge in [-0.15, -0.1) is 0 Å². The number of hydrogen-bond acceptors (Lipinski definition) is 6. The van der Waals surface area contributed by atoms with Crippen molar-refractivity contribution in [2.24, 2.45) is 7.05 Å². The second kappa shape index (κ2) is 10.9. The van der Waals surface area contributed by atoms with Gasteiger partial charge in [0.1, 0.15) is 22.9 Å². The Balaban J connectivity index is 1.13. The van der Waals surface area contributed by atoms with Gasteiger partial charge >= 0.3 is 0 Å². The fourth-order valence-electron chi connectivity index (χ4n) is 4.89. The van der Waals surface area contributed by atoms with Crippen molar-refractivity contribution in [1.82, 2.24) is 19.5 Å². The first-order valence-electron chi connectivity index (χ1n) is 13.2. The molecule has 200 valence electrons. The zero-order valence-electron chi connectivity index (χ0n) is 22.3. The van der Waals surface area contributed by atoms with Crippen LogP contribution in [0.3, 0.4) is 0 Å². The van der Waals surface area contributed by atoms with Gasteiger partial charge in [0, 0.05) is 48.9 Å². The average molecular weight is 532 g/mol. The number of imidazole rings is 1. The highest BCUT2D eigenvalue weighted by molar-refractivity contribution is 5.94. The smallest absolute Gasteiger partial charge is 0.208 e. The molecule has 3 aromatic heterocycles. The number of pyridine rings is 1. The predicted octanol–water partition coefficient (Wildman–Crippen LogP) is 7.20. The molecule has 0 atom stereocenters. The number of anilines is 2. The van der Waals surface area contributed by atoms with Crippen LogP contribution in [0.4, 0.5) is 11.6 Å². The highest BCUT2D eigenvalue weighted by Gasteiger charge is 2.13. The average Bonchev–Trinajstić information content (AvgIpc) is 3.53. The molecule has 0 spiro atoms. The number of H-pyrrole nitrogens is 1. The summed E-state index contributed by atoms with van der Waals surface area (Å²) in [4.78, 5) is 25.2. The number of aryl methyl sites for hydroxylation is 2. The third-order valence-corrected chi connectivity index (χ3v) is 6.98. The van der Waals surface area contributed by atoms with Crippen LogP contribution in [-0.4, -0.2) is 32.4 Å². The van der Waals surface area contributed by atoms with E-state index < -0.39 is 0 Å². The lowest BCUT2D eigenvalue weighted by molar-refractivity contribution is 0.0975. The van der Waals surface area contributed by atoms with Crippen molar-refractivity contribution >= 4 is 39.4 Å². The summed E-state index contributed by atoms with van der Waals surface area (Å²) in [5, 5.41) is 4.55. The molecule has 0 radical (unpaired) electrons. The van der Waals surface area contributed by atoms with Crippen LogP contribution in [0.1, 0.15) is 28.9 Å². The molecule has 6 aromatic rings. The van der Waals surface area contributed by atoms with Crippen LogP contribution in [0.2, 0.25) is 0 Å². The summed E-state index contributed by atoms with van der Waals surface area (Å²) in [5.41, 5.74) is 5.29. The number of nitrogens with one attached hydrogen (secondary N) is 2. The Hall–Kier alpha value is -5.11. The first-order valence-corrected chi connectivity index (χ1v) is 13.2. The second-order valence-corrected chi connectivity index (χ2v) is 9.59.